The molecule has 2 heterocycles. The van der Waals surface area contributed by atoms with E-state index < -0.39 is 0 Å². The fourth-order valence-corrected chi connectivity index (χ4v) is 3.73. The number of hydrogen-bond acceptors (Lipinski definition) is 2. The predicted molar refractivity (Wildman–Crippen MR) is 79.0 cm³/mol. The van der Waals surface area contributed by atoms with Crippen LogP contribution in [0.1, 0.15) is 59.3 Å². The first kappa shape index (κ1) is 14.3. The quantitative estimate of drug-likeness (QED) is 0.692. The molecule has 2 fully saturated rings. The minimum Gasteiger partial charge on any atom is -0.303 e. The van der Waals surface area contributed by atoms with Crippen molar-refractivity contribution >= 4 is 0 Å². The summed E-state index contributed by atoms with van der Waals surface area (Å²) in [5, 5.41) is 0. The van der Waals surface area contributed by atoms with Crippen LogP contribution in [0.15, 0.2) is 0 Å². The second-order valence-electron chi connectivity index (χ2n) is 6.86. The minimum atomic E-state index is 0.692. The highest BCUT2D eigenvalue weighted by Gasteiger charge is 2.40. The SMILES string of the molecule is CCCCCN1CCC2(CCN(C(C)C)CC2)C1. The zero-order valence-corrected chi connectivity index (χ0v) is 12.7. The molecule has 2 aliphatic rings. The molecule has 0 aliphatic carbocycles. The highest BCUT2D eigenvalue weighted by molar-refractivity contribution is 4.94. The molecule has 0 aromatic rings. The molecule has 0 atom stereocenters. The molecule has 2 nitrogen and oxygen atoms in total. The molecule has 0 saturated carbocycles. The van der Waals surface area contributed by atoms with E-state index in [1.165, 1.54) is 71.2 Å². The Labute approximate surface area is 114 Å². The molecular weight excluding hydrogens is 220 g/mol. The molecule has 18 heavy (non-hydrogen) atoms. The average molecular weight is 252 g/mol. The summed E-state index contributed by atoms with van der Waals surface area (Å²) < 4.78 is 0. The van der Waals surface area contributed by atoms with Crippen molar-refractivity contribution in [1.82, 2.24) is 9.80 Å². The van der Waals surface area contributed by atoms with Crippen molar-refractivity contribution in [3.63, 3.8) is 0 Å². The number of unbranched alkanes of at least 4 members (excludes halogenated alkanes) is 2. The van der Waals surface area contributed by atoms with E-state index in [1.54, 1.807) is 0 Å². The van der Waals surface area contributed by atoms with Crippen LogP contribution in [0.3, 0.4) is 0 Å². The van der Waals surface area contributed by atoms with Crippen LogP contribution in [0, 0.1) is 5.41 Å². The van der Waals surface area contributed by atoms with E-state index in [9.17, 15) is 0 Å². The third-order valence-electron chi connectivity index (χ3n) is 5.18. The van der Waals surface area contributed by atoms with Gasteiger partial charge in [-0.05, 0) is 71.1 Å². The van der Waals surface area contributed by atoms with Crippen LogP contribution in [0.5, 0.6) is 0 Å². The van der Waals surface area contributed by atoms with Crippen LogP contribution in [0.25, 0.3) is 0 Å². The van der Waals surface area contributed by atoms with Crippen molar-refractivity contribution in [2.45, 2.75) is 65.3 Å². The maximum Gasteiger partial charge on any atom is 0.00394 e. The molecule has 2 aliphatic heterocycles. The molecule has 2 rings (SSSR count). The number of hydrogen-bond donors (Lipinski definition) is 0. The summed E-state index contributed by atoms with van der Waals surface area (Å²) in [7, 11) is 0. The van der Waals surface area contributed by atoms with Crippen LogP contribution >= 0.6 is 0 Å². The largest absolute Gasteiger partial charge is 0.303 e. The van der Waals surface area contributed by atoms with Gasteiger partial charge in [0.05, 0.1) is 0 Å². The first-order valence-electron chi connectivity index (χ1n) is 8.12. The van der Waals surface area contributed by atoms with Gasteiger partial charge in [-0.2, -0.15) is 0 Å². The van der Waals surface area contributed by atoms with Crippen LogP contribution < -0.4 is 0 Å². The molecule has 1 spiro atoms. The van der Waals surface area contributed by atoms with Crippen molar-refractivity contribution in [2.75, 3.05) is 32.7 Å². The van der Waals surface area contributed by atoms with E-state index in [1.807, 2.05) is 0 Å². The van der Waals surface area contributed by atoms with Crippen molar-refractivity contribution < 1.29 is 0 Å². The Kier molecular flexibility index (Phi) is 5.08. The van der Waals surface area contributed by atoms with Gasteiger partial charge in [-0.15, -0.1) is 0 Å². The van der Waals surface area contributed by atoms with Crippen LogP contribution in [0.2, 0.25) is 0 Å². The van der Waals surface area contributed by atoms with Gasteiger partial charge >= 0.3 is 0 Å². The van der Waals surface area contributed by atoms with Crippen molar-refractivity contribution in [3.05, 3.63) is 0 Å². The zero-order valence-electron chi connectivity index (χ0n) is 12.7. The Hall–Kier alpha value is -0.0800. The van der Waals surface area contributed by atoms with Crippen LogP contribution in [-0.4, -0.2) is 48.6 Å². The van der Waals surface area contributed by atoms with Gasteiger partial charge in [0.2, 0.25) is 0 Å². The lowest BCUT2D eigenvalue weighted by Crippen LogP contribution is -2.44. The lowest BCUT2D eigenvalue weighted by Gasteiger charge is -2.41. The van der Waals surface area contributed by atoms with E-state index in [4.69, 9.17) is 0 Å². The van der Waals surface area contributed by atoms with Crippen molar-refractivity contribution in [3.8, 4) is 0 Å². The average Bonchev–Trinajstić information content (AvgIpc) is 2.74. The predicted octanol–water partition coefficient (Wildman–Crippen LogP) is 3.37. The monoisotopic (exact) mass is 252 g/mol. The summed E-state index contributed by atoms with van der Waals surface area (Å²) in [6.45, 7) is 13.7. The molecule has 106 valence electrons. The van der Waals surface area contributed by atoms with Crippen molar-refractivity contribution in [2.24, 2.45) is 5.41 Å². The summed E-state index contributed by atoms with van der Waals surface area (Å²) in [5.41, 5.74) is 0.692. The number of likely N-dealkylation sites (tertiary alicyclic amines) is 2. The highest BCUT2D eigenvalue weighted by Crippen LogP contribution is 2.40. The summed E-state index contributed by atoms with van der Waals surface area (Å²) >= 11 is 0. The van der Waals surface area contributed by atoms with E-state index >= 15 is 0 Å². The van der Waals surface area contributed by atoms with Gasteiger partial charge in [0, 0.05) is 12.6 Å². The maximum atomic E-state index is 2.74. The number of nitrogens with zero attached hydrogens (tertiary/aromatic N) is 2. The third kappa shape index (κ3) is 3.48. The van der Waals surface area contributed by atoms with E-state index in [0.717, 1.165) is 6.04 Å². The highest BCUT2D eigenvalue weighted by atomic mass is 15.2. The fraction of sp³-hybridized carbons (Fsp3) is 1.00. The van der Waals surface area contributed by atoms with Gasteiger partial charge in [-0.25, -0.2) is 0 Å². The van der Waals surface area contributed by atoms with E-state index in [2.05, 4.69) is 30.6 Å². The summed E-state index contributed by atoms with van der Waals surface area (Å²) in [4.78, 5) is 5.39. The molecule has 0 amide bonds. The van der Waals surface area contributed by atoms with Gasteiger partial charge in [0.1, 0.15) is 0 Å². The fourth-order valence-electron chi connectivity index (χ4n) is 3.73. The Morgan fingerprint density at radius 3 is 2.28 bits per heavy atom. The Morgan fingerprint density at radius 2 is 1.67 bits per heavy atom. The molecule has 0 unspecified atom stereocenters. The lowest BCUT2D eigenvalue weighted by atomic mass is 9.77. The number of piperidine rings is 1. The van der Waals surface area contributed by atoms with Gasteiger partial charge in [0.25, 0.3) is 0 Å². The molecular formula is C16H32N2. The summed E-state index contributed by atoms with van der Waals surface area (Å²) in [6, 6.07) is 0.740. The zero-order chi connectivity index (χ0) is 13.0. The Balaban J connectivity index is 1.74. The molecule has 0 aromatic carbocycles. The maximum absolute atomic E-state index is 2.74. The van der Waals surface area contributed by atoms with Gasteiger partial charge in [-0.3, -0.25) is 0 Å². The third-order valence-corrected chi connectivity index (χ3v) is 5.18. The first-order chi connectivity index (χ1) is 8.65. The smallest absolute Gasteiger partial charge is 0.00394 e. The molecule has 0 radical (unpaired) electrons. The van der Waals surface area contributed by atoms with Crippen molar-refractivity contribution in [1.29, 1.82) is 0 Å². The lowest BCUT2D eigenvalue weighted by molar-refractivity contribution is 0.0868. The Bertz CT molecular complexity index is 241. The van der Waals surface area contributed by atoms with Crippen LogP contribution in [0.4, 0.5) is 0 Å². The second kappa shape index (κ2) is 6.38. The Morgan fingerprint density at radius 1 is 1.00 bits per heavy atom. The standard InChI is InChI=1S/C16H32N2/c1-4-5-6-10-17-11-7-16(14-17)8-12-18(13-9-16)15(2)3/h15H,4-14H2,1-3H3. The molecule has 2 heteroatoms. The molecule has 2 saturated heterocycles. The number of rotatable bonds is 5. The molecule has 0 bridgehead atoms. The minimum absolute atomic E-state index is 0.692. The normalized spacial score (nSPS) is 25.3. The van der Waals surface area contributed by atoms with Gasteiger partial charge in [-0.1, -0.05) is 19.8 Å². The van der Waals surface area contributed by atoms with Crippen LogP contribution in [-0.2, 0) is 0 Å². The second-order valence-corrected chi connectivity index (χ2v) is 6.86. The first-order valence-corrected chi connectivity index (χ1v) is 8.12. The summed E-state index contributed by atoms with van der Waals surface area (Å²) in [5.74, 6) is 0. The molecule has 0 N–H and O–H groups in total. The summed E-state index contributed by atoms with van der Waals surface area (Å²) in [6.07, 6.45) is 8.51. The van der Waals surface area contributed by atoms with E-state index in [0.29, 0.717) is 5.41 Å². The van der Waals surface area contributed by atoms with E-state index in [-0.39, 0.29) is 0 Å². The van der Waals surface area contributed by atoms with Gasteiger partial charge in [0.15, 0.2) is 0 Å². The molecule has 0 aromatic heterocycles. The van der Waals surface area contributed by atoms with Gasteiger partial charge < -0.3 is 9.80 Å². The topological polar surface area (TPSA) is 6.48 Å².